The van der Waals surface area contributed by atoms with E-state index in [1.165, 1.54) is 13.2 Å². The summed E-state index contributed by atoms with van der Waals surface area (Å²) in [5.74, 6) is -0.855. The van der Waals surface area contributed by atoms with E-state index in [2.05, 4.69) is 5.32 Å². The molecule has 0 saturated carbocycles. The average molecular weight is 412 g/mol. The maximum Gasteiger partial charge on any atom is 0.336 e. The maximum atomic E-state index is 14.6. The van der Waals surface area contributed by atoms with Crippen LogP contribution < -0.4 is 10.1 Å². The van der Waals surface area contributed by atoms with Gasteiger partial charge in [-0.25, -0.2) is 9.18 Å². The van der Waals surface area contributed by atoms with Crippen molar-refractivity contribution in [1.29, 1.82) is 0 Å². The summed E-state index contributed by atoms with van der Waals surface area (Å²) in [6, 6.07) is 8.03. The van der Waals surface area contributed by atoms with E-state index >= 15 is 0 Å². The molecule has 0 spiro atoms. The predicted octanol–water partition coefficient (Wildman–Crippen LogP) is 3.85. The lowest BCUT2D eigenvalue weighted by Gasteiger charge is -2.30. The lowest BCUT2D eigenvalue weighted by Crippen LogP contribution is -2.41. The zero-order valence-corrected chi connectivity index (χ0v) is 17.2. The number of ether oxygens (including phenoxy) is 2. The Bertz CT molecular complexity index is 1100. The second-order valence-electron chi connectivity index (χ2n) is 7.64. The molecule has 2 N–H and O–H groups in total. The molecule has 0 bridgehead atoms. The number of rotatable bonds is 5. The number of benzene rings is 1. The first-order valence-corrected chi connectivity index (χ1v) is 9.95. The van der Waals surface area contributed by atoms with Crippen LogP contribution in [0.1, 0.15) is 34.5 Å². The minimum Gasteiger partial charge on any atom is -0.497 e. The van der Waals surface area contributed by atoms with E-state index in [0.717, 1.165) is 12.2 Å². The van der Waals surface area contributed by atoms with Crippen molar-refractivity contribution in [3.8, 4) is 16.9 Å². The first kappa shape index (κ1) is 20.4. The van der Waals surface area contributed by atoms with Gasteiger partial charge in [0.2, 0.25) is 0 Å². The number of halogens is 1. The summed E-state index contributed by atoms with van der Waals surface area (Å²) in [6.45, 7) is 5.96. The summed E-state index contributed by atoms with van der Waals surface area (Å²) in [6.07, 6.45) is 1.78. The van der Waals surface area contributed by atoms with Crippen LogP contribution >= 0.6 is 0 Å². The van der Waals surface area contributed by atoms with E-state index in [-0.39, 0.29) is 23.4 Å². The van der Waals surface area contributed by atoms with Gasteiger partial charge in [0.05, 0.1) is 25.4 Å². The second-order valence-corrected chi connectivity index (χ2v) is 7.64. The summed E-state index contributed by atoms with van der Waals surface area (Å²) in [5, 5.41) is 13.1. The van der Waals surface area contributed by atoms with Crippen molar-refractivity contribution in [3.63, 3.8) is 0 Å². The summed E-state index contributed by atoms with van der Waals surface area (Å²) in [4.78, 5) is 11.9. The van der Waals surface area contributed by atoms with Crippen molar-refractivity contribution >= 4 is 11.5 Å². The van der Waals surface area contributed by atoms with Crippen LogP contribution in [0.15, 0.2) is 36.5 Å². The van der Waals surface area contributed by atoms with Gasteiger partial charge >= 0.3 is 5.97 Å². The molecule has 0 amide bonds. The normalized spacial score (nSPS) is 17.8. The van der Waals surface area contributed by atoms with Gasteiger partial charge in [0.25, 0.3) is 0 Å². The van der Waals surface area contributed by atoms with E-state index in [4.69, 9.17) is 9.47 Å². The molecule has 1 aromatic carbocycles. The molecule has 2 atom stereocenters. The average Bonchev–Trinajstić information content (AvgIpc) is 3.17. The number of morpholine rings is 1. The number of fused-ring (bicyclic) bond motifs is 1. The molecule has 3 aromatic rings. The van der Waals surface area contributed by atoms with Crippen molar-refractivity contribution < 1.29 is 23.8 Å². The number of aromatic carboxylic acids is 1. The lowest BCUT2D eigenvalue weighted by atomic mass is 9.93. The van der Waals surface area contributed by atoms with Gasteiger partial charge in [0.15, 0.2) is 0 Å². The number of nitrogens with one attached hydrogen (secondary N) is 1. The van der Waals surface area contributed by atoms with Gasteiger partial charge in [0.1, 0.15) is 11.6 Å². The Balaban J connectivity index is 1.91. The maximum absolute atomic E-state index is 14.6. The second kappa shape index (κ2) is 8.08. The Morgan fingerprint density at radius 1 is 1.37 bits per heavy atom. The van der Waals surface area contributed by atoms with Crippen LogP contribution in [-0.4, -0.2) is 48.4 Å². The fourth-order valence-corrected chi connectivity index (χ4v) is 4.24. The molecule has 158 valence electrons. The Morgan fingerprint density at radius 2 is 2.17 bits per heavy atom. The van der Waals surface area contributed by atoms with Gasteiger partial charge < -0.3 is 24.3 Å². The van der Waals surface area contributed by atoms with Crippen molar-refractivity contribution in [1.82, 2.24) is 9.72 Å². The van der Waals surface area contributed by atoms with E-state index < -0.39 is 5.97 Å². The highest BCUT2D eigenvalue weighted by atomic mass is 19.1. The van der Waals surface area contributed by atoms with Gasteiger partial charge in [0, 0.05) is 47.5 Å². The van der Waals surface area contributed by atoms with Crippen molar-refractivity contribution in [2.45, 2.75) is 25.9 Å². The molecule has 6 nitrogen and oxygen atoms in total. The Hall–Kier alpha value is -2.90. The zero-order valence-electron chi connectivity index (χ0n) is 17.2. The predicted molar refractivity (Wildman–Crippen MR) is 112 cm³/mol. The summed E-state index contributed by atoms with van der Waals surface area (Å²) in [5.41, 5.74) is 3.54. The van der Waals surface area contributed by atoms with E-state index in [9.17, 15) is 14.3 Å². The molecule has 3 heterocycles. The highest BCUT2D eigenvalue weighted by molar-refractivity contribution is 5.92. The largest absolute Gasteiger partial charge is 0.497 e. The number of hydrogen-bond acceptors (Lipinski definition) is 4. The van der Waals surface area contributed by atoms with Crippen LogP contribution in [0.2, 0.25) is 0 Å². The zero-order chi connectivity index (χ0) is 21.4. The van der Waals surface area contributed by atoms with Crippen LogP contribution in [0, 0.1) is 12.7 Å². The monoisotopic (exact) mass is 412 g/mol. The molecule has 1 aliphatic rings. The summed E-state index contributed by atoms with van der Waals surface area (Å²) >= 11 is 0. The molecule has 0 aliphatic carbocycles. The first-order chi connectivity index (χ1) is 14.4. The molecule has 1 aliphatic heterocycles. The topological polar surface area (TPSA) is 72.2 Å². The Kier molecular flexibility index (Phi) is 5.49. The number of hydrogen-bond donors (Lipinski definition) is 2. The number of carboxylic acids is 1. The molecular weight excluding hydrogens is 387 g/mol. The molecule has 7 heteroatoms. The standard InChI is InChI=1S/C23H25FN2O4/c1-13-18(23(27)28)9-16-8-15(19-10-17(29-3)4-5-20(19)24)12-26(16)22(13)14(2)21-11-25-6-7-30-21/h4-5,8-10,12,14,21,25H,6-7,11H2,1-3H3,(H,27,28). The smallest absolute Gasteiger partial charge is 0.336 e. The van der Waals surface area contributed by atoms with E-state index in [0.29, 0.717) is 41.1 Å². The minimum atomic E-state index is -0.985. The molecule has 1 saturated heterocycles. The number of nitrogens with zero attached hydrogens (tertiary/aromatic N) is 1. The third-order valence-electron chi connectivity index (χ3n) is 5.85. The van der Waals surface area contributed by atoms with Crippen LogP contribution in [0.4, 0.5) is 4.39 Å². The quantitative estimate of drug-likeness (QED) is 0.666. The molecular formula is C23H25FN2O4. The fourth-order valence-electron chi connectivity index (χ4n) is 4.24. The lowest BCUT2D eigenvalue weighted by molar-refractivity contribution is 0.0135. The van der Waals surface area contributed by atoms with E-state index in [1.54, 1.807) is 24.3 Å². The third-order valence-corrected chi connectivity index (χ3v) is 5.85. The molecule has 2 unspecified atom stereocenters. The highest BCUT2D eigenvalue weighted by Crippen LogP contribution is 2.34. The number of aromatic nitrogens is 1. The van der Waals surface area contributed by atoms with Crippen LogP contribution in [0.25, 0.3) is 16.6 Å². The van der Waals surface area contributed by atoms with Gasteiger partial charge in [-0.1, -0.05) is 6.92 Å². The molecule has 1 fully saturated rings. The van der Waals surface area contributed by atoms with Crippen LogP contribution in [0.3, 0.4) is 0 Å². The SMILES string of the molecule is COc1ccc(F)c(-c2cc3cc(C(=O)O)c(C)c(C(C)C4CNCCO4)n3c2)c1. The van der Waals surface area contributed by atoms with Gasteiger partial charge in [-0.15, -0.1) is 0 Å². The third kappa shape index (κ3) is 3.55. The fraction of sp³-hybridized carbons (Fsp3) is 0.348. The van der Waals surface area contributed by atoms with Crippen molar-refractivity contribution in [2.75, 3.05) is 26.8 Å². The van der Waals surface area contributed by atoms with Crippen molar-refractivity contribution in [3.05, 3.63) is 59.2 Å². The first-order valence-electron chi connectivity index (χ1n) is 9.95. The van der Waals surface area contributed by atoms with Crippen LogP contribution in [0.5, 0.6) is 5.75 Å². The number of methoxy groups -OCH3 is 1. The summed E-state index contributed by atoms with van der Waals surface area (Å²) in [7, 11) is 1.54. The van der Waals surface area contributed by atoms with E-state index in [1.807, 2.05) is 24.4 Å². The number of carboxylic acid groups (broad SMARTS) is 1. The summed E-state index contributed by atoms with van der Waals surface area (Å²) < 4.78 is 27.7. The highest BCUT2D eigenvalue weighted by Gasteiger charge is 2.28. The molecule has 2 aromatic heterocycles. The van der Waals surface area contributed by atoms with Crippen LogP contribution in [-0.2, 0) is 4.74 Å². The van der Waals surface area contributed by atoms with Gasteiger partial charge in [-0.05, 0) is 42.8 Å². The Morgan fingerprint density at radius 3 is 2.83 bits per heavy atom. The number of pyridine rings is 1. The Labute approximate surface area is 174 Å². The van der Waals surface area contributed by atoms with Gasteiger partial charge in [-0.2, -0.15) is 0 Å². The van der Waals surface area contributed by atoms with Crippen molar-refractivity contribution in [2.24, 2.45) is 0 Å². The minimum absolute atomic E-state index is 0.0602. The molecule has 30 heavy (non-hydrogen) atoms. The number of carbonyl (C=O) groups is 1. The van der Waals surface area contributed by atoms with Gasteiger partial charge in [-0.3, -0.25) is 0 Å². The molecule has 4 rings (SSSR count). The molecule has 0 radical (unpaired) electrons.